The normalized spacial score (nSPS) is 31.7. The number of aliphatic imine (C=N–C) groups is 1. The van der Waals surface area contributed by atoms with Crippen molar-refractivity contribution in [2.75, 3.05) is 0 Å². The first-order chi connectivity index (χ1) is 5.74. The number of nitrogens with two attached hydrogens (primary N) is 1. The highest BCUT2D eigenvalue weighted by molar-refractivity contribution is 5.79. The van der Waals surface area contributed by atoms with Gasteiger partial charge in [-0.05, 0) is 19.8 Å². The van der Waals surface area contributed by atoms with Crippen LogP contribution in [0, 0.1) is 5.53 Å². The summed E-state index contributed by atoms with van der Waals surface area (Å²) in [5.74, 6) is 0.539. The van der Waals surface area contributed by atoms with Gasteiger partial charge < -0.3 is 5.73 Å². The molecule has 0 aromatic rings. The molecule has 0 aliphatic heterocycles. The first kappa shape index (κ1) is 9.32. The number of nitrogens with zero attached hydrogens (tertiary/aromatic N) is 2. The van der Waals surface area contributed by atoms with E-state index in [9.17, 15) is 0 Å². The Morgan fingerprint density at radius 3 is 2.67 bits per heavy atom. The molecule has 1 aliphatic carbocycles. The van der Waals surface area contributed by atoms with Crippen molar-refractivity contribution < 1.29 is 0 Å². The first-order valence-corrected chi connectivity index (χ1v) is 4.41. The van der Waals surface area contributed by atoms with Gasteiger partial charge in [0, 0.05) is 6.04 Å². The van der Waals surface area contributed by atoms with E-state index in [1.54, 1.807) is 6.92 Å². The van der Waals surface area contributed by atoms with Crippen molar-refractivity contribution in [1.29, 1.82) is 5.53 Å². The minimum Gasteiger partial charge on any atom is -0.326 e. The Labute approximate surface area is 72.8 Å². The molecule has 2 unspecified atom stereocenters. The Kier molecular flexibility index (Phi) is 3.34. The van der Waals surface area contributed by atoms with E-state index in [2.05, 4.69) is 10.1 Å². The molecule has 2 atom stereocenters. The van der Waals surface area contributed by atoms with Crippen molar-refractivity contribution in [3.8, 4) is 0 Å². The Balaban J connectivity index is 2.54. The minimum absolute atomic E-state index is 0.176. The lowest BCUT2D eigenvalue weighted by Gasteiger charge is -2.25. The molecule has 0 spiro atoms. The maximum absolute atomic E-state index is 6.75. The molecule has 4 heteroatoms. The number of hydrogen-bond donors (Lipinski definition) is 2. The predicted octanol–water partition coefficient (Wildman–Crippen LogP) is 1.71. The quantitative estimate of drug-likeness (QED) is 0.349. The third-order valence-electron chi connectivity index (χ3n) is 2.30. The van der Waals surface area contributed by atoms with Gasteiger partial charge in [-0.25, -0.2) is 5.53 Å². The molecule has 1 fully saturated rings. The van der Waals surface area contributed by atoms with Gasteiger partial charge in [0.15, 0.2) is 0 Å². The van der Waals surface area contributed by atoms with Crippen molar-refractivity contribution in [3.63, 3.8) is 0 Å². The molecule has 0 saturated heterocycles. The molecule has 0 amide bonds. The molecule has 3 N–H and O–H groups in total. The standard InChI is InChI=1S/C8H16N4/c1-6(12-10)11-8-5-3-2-4-7(8)9/h7-8,10H,2-5,9H2,1H3. The van der Waals surface area contributed by atoms with Crippen LogP contribution in [0.4, 0.5) is 0 Å². The van der Waals surface area contributed by atoms with E-state index in [0.29, 0.717) is 5.84 Å². The Hall–Kier alpha value is -0.770. The van der Waals surface area contributed by atoms with E-state index in [1.807, 2.05) is 0 Å². The van der Waals surface area contributed by atoms with Gasteiger partial charge in [-0.3, -0.25) is 4.99 Å². The van der Waals surface area contributed by atoms with Crippen LogP contribution in [-0.2, 0) is 0 Å². The van der Waals surface area contributed by atoms with E-state index in [-0.39, 0.29) is 12.1 Å². The Bertz CT molecular complexity index is 187. The van der Waals surface area contributed by atoms with Crippen LogP contribution in [0.25, 0.3) is 0 Å². The van der Waals surface area contributed by atoms with Gasteiger partial charge in [0.25, 0.3) is 0 Å². The Morgan fingerprint density at radius 2 is 2.08 bits per heavy atom. The molecule has 1 saturated carbocycles. The maximum atomic E-state index is 6.75. The van der Waals surface area contributed by atoms with E-state index in [0.717, 1.165) is 12.8 Å². The molecule has 0 heterocycles. The van der Waals surface area contributed by atoms with Crippen LogP contribution in [0.5, 0.6) is 0 Å². The molecule has 1 rings (SSSR count). The Morgan fingerprint density at radius 1 is 1.42 bits per heavy atom. The van der Waals surface area contributed by atoms with Crippen LogP contribution in [0.2, 0.25) is 0 Å². The van der Waals surface area contributed by atoms with Crippen molar-refractivity contribution in [3.05, 3.63) is 0 Å². The molecule has 1 aliphatic rings. The molecule has 0 bridgehead atoms. The van der Waals surface area contributed by atoms with Gasteiger partial charge in [-0.2, -0.15) is 0 Å². The number of nitrogens with one attached hydrogen (secondary N) is 1. The van der Waals surface area contributed by atoms with Crippen LogP contribution in [0.1, 0.15) is 32.6 Å². The second-order valence-electron chi connectivity index (χ2n) is 3.30. The van der Waals surface area contributed by atoms with Crippen molar-refractivity contribution in [2.24, 2.45) is 15.8 Å². The third-order valence-corrected chi connectivity index (χ3v) is 2.30. The lowest BCUT2D eigenvalue weighted by Crippen LogP contribution is -2.36. The van der Waals surface area contributed by atoms with Crippen LogP contribution < -0.4 is 5.73 Å². The molecule has 68 valence electrons. The van der Waals surface area contributed by atoms with Crippen LogP contribution in [-0.4, -0.2) is 17.9 Å². The summed E-state index contributed by atoms with van der Waals surface area (Å²) in [5.41, 5.74) is 12.6. The van der Waals surface area contributed by atoms with Crippen molar-refractivity contribution >= 4 is 5.84 Å². The predicted molar refractivity (Wildman–Crippen MR) is 48.5 cm³/mol. The summed E-state index contributed by atoms with van der Waals surface area (Å²) >= 11 is 0. The largest absolute Gasteiger partial charge is 0.326 e. The zero-order valence-corrected chi connectivity index (χ0v) is 7.45. The monoisotopic (exact) mass is 168 g/mol. The highest BCUT2D eigenvalue weighted by atomic mass is 15.0. The van der Waals surface area contributed by atoms with Gasteiger partial charge in [-0.15, -0.1) is 5.11 Å². The number of rotatable bonds is 1. The van der Waals surface area contributed by atoms with Gasteiger partial charge >= 0.3 is 0 Å². The zero-order chi connectivity index (χ0) is 8.97. The molecular weight excluding hydrogens is 152 g/mol. The van der Waals surface area contributed by atoms with E-state index < -0.39 is 0 Å². The summed E-state index contributed by atoms with van der Waals surface area (Å²) in [4.78, 5) is 4.27. The molecule has 4 nitrogen and oxygen atoms in total. The van der Waals surface area contributed by atoms with Crippen LogP contribution in [0.3, 0.4) is 0 Å². The summed E-state index contributed by atoms with van der Waals surface area (Å²) in [6.07, 6.45) is 4.52. The van der Waals surface area contributed by atoms with E-state index >= 15 is 0 Å². The lowest BCUT2D eigenvalue weighted by atomic mass is 9.91. The molecular formula is C8H16N4. The average Bonchev–Trinajstić information content (AvgIpc) is 2.09. The molecule has 12 heavy (non-hydrogen) atoms. The zero-order valence-electron chi connectivity index (χ0n) is 7.45. The summed E-state index contributed by atoms with van der Waals surface area (Å²) < 4.78 is 0. The third kappa shape index (κ3) is 2.37. The molecule has 0 aromatic carbocycles. The highest BCUT2D eigenvalue weighted by Crippen LogP contribution is 2.19. The van der Waals surface area contributed by atoms with Crippen molar-refractivity contribution in [2.45, 2.75) is 44.7 Å². The van der Waals surface area contributed by atoms with Gasteiger partial charge in [0.2, 0.25) is 0 Å². The fourth-order valence-electron chi connectivity index (χ4n) is 1.57. The van der Waals surface area contributed by atoms with Gasteiger partial charge in [0.05, 0.1) is 6.04 Å². The number of amidine groups is 1. The molecule has 0 radical (unpaired) electrons. The summed E-state index contributed by atoms with van der Waals surface area (Å²) in [6, 6.07) is 0.378. The summed E-state index contributed by atoms with van der Waals surface area (Å²) in [6.45, 7) is 1.74. The van der Waals surface area contributed by atoms with Gasteiger partial charge in [0.1, 0.15) is 5.84 Å². The average molecular weight is 168 g/mol. The van der Waals surface area contributed by atoms with Crippen LogP contribution >= 0.6 is 0 Å². The summed E-state index contributed by atoms with van der Waals surface area (Å²) in [5, 5.41) is 3.26. The number of hydrogen-bond acceptors (Lipinski definition) is 3. The van der Waals surface area contributed by atoms with Gasteiger partial charge in [-0.1, -0.05) is 12.8 Å². The minimum atomic E-state index is 0.176. The first-order valence-electron chi connectivity index (χ1n) is 4.41. The lowest BCUT2D eigenvalue weighted by molar-refractivity contribution is 0.386. The second-order valence-corrected chi connectivity index (χ2v) is 3.30. The maximum Gasteiger partial charge on any atom is 0.142 e. The fraction of sp³-hybridized carbons (Fsp3) is 0.875. The second kappa shape index (κ2) is 4.30. The summed E-state index contributed by atoms with van der Waals surface area (Å²) in [7, 11) is 0. The smallest absolute Gasteiger partial charge is 0.142 e. The highest BCUT2D eigenvalue weighted by Gasteiger charge is 2.20. The van der Waals surface area contributed by atoms with Crippen LogP contribution in [0.15, 0.2) is 10.1 Å². The van der Waals surface area contributed by atoms with E-state index in [4.69, 9.17) is 11.3 Å². The fourth-order valence-corrected chi connectivity index (χ4v) is 1.57. The van der Waals surface area contributed by atoms with E-state index in [1.165, 1.54) is 12.8 Å². The topological polar surface area (TPSA) is 74.6 Å². The van der Waals surface area contributed by atoms with Crippen molar-refractivity contribution in [1.82, 2.24) is 0 Å². The SMILES string of the molecule is CC(N=N)=NC1CCCCC1N. The molecule has 0 aromatic heterocycles.